The van der Waals surface area contributed by atoms with E-state index in [1.54, 1.807) is 0 Å². The predicted molar refractivity (Wildman–Crippen MR) is 49.8 cm³/mol. The van der Waals surface area contributed by atoms with Gasteiger partial charge in [0.15, 0.2) is 0 Å². The van der Waals surface area contributed by atoms with Crippen molar-refractivity contribution in [2.75, 3.05) is 0 Å². The predicted octanol–water partition coefficient (Wildman–Crippen LogP) is 3.37. The van der Waals surface area contributed by atoms with Gasteiger partial charge in [-0.15, -0.1) is 0 Å². The van der Waals surface area contributed by atoms with Crippen LogP contribution in [0.1, 0.15) is 32.8 Å². The molecule has 0 radical (unpaired) electrons. The Morgan fingerprint density at radius 2 is 1.64 bits per heavy atom. The Balaban J connectivity index is 2.93. The minimum atomic E-state index is 0.335. The molecule has 0 saturated heterocycles. The van der Waals surface area contributed by atoms with Gasteiger partial charge >= 0.3 is 0 Å². The lowest BCUT2D eigenvalue weighted by Gasteiger charge is -2.22. The fourth-order valence-electron chi connectivity index (χ4n) is 1.09. The standard InChI is InChI=1S/C11H16/c1-4-11(2,3)10-8-6-5-7-9-10/h5-9H,4H2,1-3H3. The molecule has 0 aliphatic heterocycles. The molecule has 0 spiro atoms. The van der Waals surface area contributed by atoms with Crippen molar-refractivity contribution in [3.05, 3.63) is 35.9 Å². The average Bonchev–Trinajstić information content (AvgIpc) is 2.06. The van der Waals surface area contributed by atoms with Gasteiger partial charge in [0.2, 0.25) is 0 Å². The van der Waals surface area contributed by atoms with Crippen LogP contribution in [0, 0.1) is 0 Å². The van der Waals surface area contributed by atoms with Crippen molar-refractivity contribution in [1.82, 2.24) is 0 Å². The molecule has 0 heterocycles. The van der Waals surface area contributed by atoms with Crippen molar-refractivity contribution < 1.29 is 0 Å². The van der Waals surface area contributed by atoms with Crippen LogP contribution < -0.4 is 0 Å². The average molecular weight is 148 g/mol. The monoisotopic (exact) mass is 148 g/mol. The van der Waals surface area contributed by atoms with Crippen LogP contribution in [0.3, 0.4) is 0 Å². The van der Waals surface area contributed by atoms with Crippen molar-refractivity contribution in [2.45, 2.75) is 32.6 Å². The third-order valence-corrected chi connectivity index (χ3v) is 2.44. The summed E-state index contributed by atoms with van der Waals surface area (Å²) >= 11 is 0. The molecule has 0 bridgehead atoms. The summed E-state index contributed by atoms with van der Waals surface area (Å²) in [5.74, 6) is 0. The quantitative estimate of drug-likeness (QED) is 0.603. The van der Waals surface area contributed by atoms with Gasteiger partial charge in [-0.1, -0.05) is 51.1 Å². The molecule has 1 aromatic carbocycles. The molecule has 0 unspecified atom stereocenters. The van der Waals surface area contributed by atoms with Gasteiger partial charge in [-0.05, 0) is 17.4 Å². The lowest BCUT2D eigenvalue weighted by molar-refractivity contribution is 0.506. The molecule has 0 aromatic heterocycles. The summed E-state index contributed by atoms with van der Waals surface area (Å²) in [6, 6.07) is 10.7. The van der Waals surface area contributed by atoms with E-state index in [-0.39, 0.29) is 0 Å². The van der Waals surface area contributed by atoms with Gasteiger partial charge in [0.1, 0.15) is 0 Å². The first-order valence-corrected chi connectivity index (χ1v) is 4.22. The zero-order chi connectivity index (χ0) is 8.32. The zero-order valence-electron chi connectivity index (χ0n) is 7.59. The van der Waals surface area contributed by atoms with E-state index in [4.69, 9.17) is 0 Å². The van der Waals surface area contributed by atoms with Crippen molar-refractivity contribution in [2.24, 2.45) is 0 Å². The molecule has 1 aromatic rings. The highest BCUT2D eigenvalue weighted by Gasteiger charge is 2.16. The number of benzene rings is 1. The highest BCUT2D eigenvalue weighted by molar-refractivity contribution is 5.22. The van der Waals surface area contributed by atoms with Crippen LogP contribution in [0.2, 0.25) is 0 Å². The summed E-state index contributed by atoms with van der Waals surface area (Å²) in [5.41, 5.74) is 1.77. The van der Waals surface area contributed by atoms with Crippen LogP contribution in [0.5, 0.6) is 0 Å². The summed E-state index contributed by atoms with van der Waals surface area (Å²) in [4.78, 5) is 0. The van der Waals surface area contributed by atoms with E-state index in [9.17, 15) is 0 Å². The molecule has 0 heteroatoms. The Labute approximate surface area is 69.3 Å². The SMILES string of the molecule is CCC(C)(C)c1ccccc1. The van der Waals surface area contributed by atoms with Crippen LogP contribution in [0.25, 0.3) is 0 Å². The summed E-state index contributed by atoms with van der Waals surface area (Å²) in [6.45, 7) is 6.79. The van der Waals surface area contributed by atoms with E-state index in [1.807, 2.05) is 0 Å². The molecule has 0 N–H and O–H groups in total. The second-order valence-corrected chi connectivity index (χ2v) is 3.60. The van der Waals surface area contributed by atoms with Gasteiger partial charge in [0.25, 0.3) is 0 Å². The maximum atomic E-state index is 2.28. The second-order valence-electron chi connectivity index (χ2n) is 3.60. The maximum absolute atomic E-state index is 2.28. The van der Waals surface area contributed by atoms with E-state index >= 15 is 0 Å². The summed E-state index contributed by atoms with van der Waals surface area (Å²) < 4.78 is 0. The molecule has 0 saturated carbocycles. The Morgan fingerprint density at radius 3 is 2.09 bits per heavy atom. The van der Waals surface area contributed by atoms with Gasteiger partial charge in [-0.2, -0.15) is 0 Å². The summed E-state index contributed by atoms with van der Waals surface area (Å²) in [6.07, 6.45) is 1.19. The third-order valence-electron chi connectivity index (χ3n) is 2.44. The Bertz CT molecular complexity index is 209. The molecular weight excluding hydrogens is 132 g/mol. The maximum Gasteiger partial charge on any atom is -0.0106 e. The van der Waals surface area contributed by atoms with Crippen LogP contribution in [0.4, 0.5) is 0 Å². The van der Waals surface area contributed by atoms with Gasteiger partial charge in [-0.3, -0.25) is 0 Å². The fraction of sp³-hybridized carbons (Fsp3) is 0.455. The highest BCUT2D eigenvalue weighted by atomic mass is 14.2. The smallest absolute Gasteiger partial charge is 0.0106 e. The van der Waals surface area contributed by atoms with Crippen LogP contribution in [-0.4, -0.2) is 0 Å². The first-order valence-electron chi connectivity index (χ1n) is 4.22. The van der Waals surface area contributed by atoms with Crippen molar-refractivity contribution in [3.8, 4) is 0 Å². The van der Waals surface area contributed by atoms with Crippen molar-refractivity contribution in [1.29, 1.82) is 0 Å². The Hall–Kier alpha value is -0.780. The van der Waals surface area contributed by atoms with Crippen LogP contribution in [0.15, 0.2) is 30.3 Å². The minimum Gasteiger partial charge on any atom is -0.0646 e. The first-order chi connectivity index (χ1) is 5.17. The molecule has 0 fully saturated rings. The van der Waals surface area contributed by atoms with Gasteiger partial charge in [-0.25, -0.2) is 0 Å². The van der Waals surface area contributed by atoms with E-state index in [2.05, 4.69) is 51.1 Å². The Kier molecular flexibility index (Phi) is 2.33. The molecule has 0 aliphatic carbocycles. The minimum absolute atomic E-state index is 0.335. The molecule has 0 nitrogen and oxygen atoms in total. The number of rotatable bonds is 2. The molecule has 11 heavy (non-hydrogen) atoms. The van der Waals surface area contributed by atoms with E-state index < -0.39 is 0 Å². The van der Waals surface area contributed by atoms with E-state index in [0.717, 1.165) is 0 Å². The third kappa shape index (κ3) is 1.83. The largest absolute Gasteiger partial charge is 0.0646 e. The van der Waals surface area contributed by atoms with Gasteiger partial charge in [0, 0.05) is 0 Å². The molecule has 1 rings (SSSR count). The van der Waals surface area contributed by atoms with Crippen LogP contribution >= 0.6 is 0 Å². The topological polar surface area (TPSA) is 0 Å². The lowest BCUT2D eigenvalue weighted by Crippen LogP contribution is -2.14. The van der Waals surface area contributed by atoms with Crippen molar-refractivity contribution >= 4 is 0 Å². The number of hydrogen-bond acceptors (Lipinski definition) is 0. The molecule has 60 valence electrons. The molecular formula is C11H16. The lowest BCUT2D eigenvalue weighted by atomic mass is 9.82. The highest BCUT2D eigenvalue weighted by Crippen LogP contribution is 2.25. The van der Waals surface area contributed by atoms with Crippen LogP contribution in [-0.2, 0) is 5.41 Å². The zero-order valence-corrected chi connectivity index (χ0v) is 7.59. The summed E-state index contributed by atoms with van der Waals surface area (Å²) in [7, 11) is 0. The summed E-state index contributed by atoms with van der Waals surface area (Å²) in [5, 5.41) is 0. The normalized spacial score (nSPS) is 11.5. The Morgan fingerprint density at radius 1 is 1.09 bits per heavy atom. The first kappa shape index (κ1) is 8.32. The molecule has 0 atom stereocenters. The second kappa shape index (κ2) is 3.08. The molecule has 0 aliphatic rings. The van der Waals surface area contributed by atoms with Gasteiger partial charge in [0.05, 0.1) is 0 Å². The molecule has 0 amide bonds. The van der Waals surface area contributed by atoms with E-state index in [1.165, 1.54) is 12.0 Å². The van der Waals surface area contributed by atoms with Crippen molar-refractivity contribution in [3.63, 3.8) is 0 Å². The fourth-order valence-corrected chi connectivity index (χ4v) is 1.09. The van der Waals surface area contributed by atoms with E-state index in [0.29, 0.717) is 5.41 Å². The van der Waals surface area contributed by atoms with Gasteiger partial charge < -0.3 is 0 Å². The number of hydrogen-bond donors (Lipinski definition) is 0.